The molecule has 4 fully saturated rings. The molecule has 30 heavy (non-hydrogen) atoms. The maximum atomic E-state index is 13.4. The number of rotatable bonds is 7. The van der Waals surface area contributed by atoms with Gasteiger partial charge in [0.1, 0.15) is 25.4 Å². The van der Waals surface area contributed by atoms with Crippen LogP contribution in [0.2, 0.25) is 0 Å². The smallest absolute Gasteiger partial charge is 0.310 e. The van der Waals surface area contributed by atoms with E-state index < -0.39 is 11.8 Å². The summed E-state index contributed by atoms with van der Waals surface area (Å²) in [5.74, 6) is 0.881. The van der Waals surface area contributed by atoms with Crippen LogP contribution in [0.25, 0.3) is 0 Å². The largest absolute Gasteiger partial charge is 0.463 e. The van der Waals surface area contributed by atoms with Crippen LogP contribution in [0.3, 0.4) is 0 Å². The molecular weight excluding hydrogens is 384 g/mol. The molecule has 6 heteroatoms. The fourth-order valence-electron chi connectivity index (χ4n) is 6.63. The predicted octanol–water partition coefficient (Wildman–Crippen LogP) is 3.32. The second kappa shape index (κ2) is 8.09. The van der Waals surface area contributed by atoms with Gasteiger partial charge in [-0.15, -0.1) is 0 Å². The van der Waals surface area contributed by atoms with Crippen LogP contribution in [0.4, 0.5) is 0 Å². The lowest BCUT2D eigenvalue weighted by Gasteiger charge is -2.42. The van der Waals surface area contributed by atoms with Gasteiger partial charge in [-0.05, 0) is 47.3 Å². The molecule has 2 aliphatic carbocycles. The van der Waals surface area contributed by atoms with E-state index in [2.05, 4.69) is 41.5 Å². The van der Waals surface area contributed by atoms with Crippen molar-refractivity contribution >= 4 is 11.9 Å². The third kappa shape index (κ3) is 4.27. The molecule has 2 saturated carbocycles. The van der Waals surface area contributed by atoms with Gasteiger partial charge in [0.05, 0.1) is 25.0 Å². The van der Waals surface area contributed by atoms with E-state index >= 15 is 0 Å². The van der Waals surface area contributed by atoms with Gasteiger partial charge in [-0.25, -0.2) is 0 Å². The third-order valence-electron chi connectivity index (χ3n) is 7.95. The molecule has 0 N–H and O–H groups in total. The van der Waals surface area contributed by atoms with E-state index in [1.54, 1.807) is 0 Å². The Morgan fingerprint density at radius 3 is 2.00 bits per heavy atom. The van der Waals surface area contributed by atoms with Crippen molar-refractivity contribution in [2.75, 3.05) is 26.4 Å². The van der Waals surface area contributed by atoms with Gasteiger partial charge in [-0.3, -0.25) is 9.59 Å². The molecule has 9 atom stereocenters. The number of carbonyl (C=O) groups excluding carboxylic acids is 2. The van der Waals surface area contributed by atoms with Gasteiger partial charge in [0.25, 0.3) is 0 Å². The van der Waals surface area contributed by atoms with Crippen molar-refractivity contribution in [1.82, 2.24) is 0 Å². The summed E-state index contributed by atoms with van der Waals surface area (Å²) in [5.41, 5.74) is 0.0430. The Labute approximate surface area is 180 Å². The fourth-order valence-corrected chi connectivity index (χ4v) is 6.63. The van der Waals surface area contributed by atoms with Crippen LogP contribution in [-0.4, -0.2) is 50.6 Å². The van der Waals surface area contributed by atoms with E-state index in [9.17, 15) is 9.59 Å². The van der Waals surface area contributed by atoms with Crippen LogP contribution in [0.15, 0.2) is 0 Å². The molecule has 0 radical (unpaired) electrons. The molecule has 170 valence electrons. The lowest BCUT2D eigenvalue weighted by Crippen LogP contribution is -2.46. The van der Waals surface area contributed by atoms with Crippen LogP contribution in [0.5, 0.6) is 0 Å². The Morgan fingerprint density at radius 1 is 1.00 bits per heavy atom. The molecule has 4 rings (SSSR count). The quantitative estimate of drug-likeness (QED) is 0.463. The molecule has 6 nitrogen and oxygen atoms in total. The first-order chi connectivity index (χ1) is 14.1. The molecule has 2 saturated heterocycles. The Kier molecular flexibility index (Phi) is 5.95. The zero-order chi connectivity index (χ0) is 21.8. The summed E-state index contributed by atoms with van der Waals surface area (Å²) in [4.78, 5) is 26.5. The van der Waals surface area contributed by atoms with E-state index in [0.717, 1.165) is 0 Å². The van der Waals surface area contributed by atoms with E-state index in [-0.39, 0.29) is 48.7 Å². The zero-order valence-corrected chi connectivity index (χ0v) is 19.3. The van der Waals surface area contributed by atoms with Crippen LogP contribution < -0.4 is 0 Å². The van der Waals surface area contributed by atoms with Crippen LogP contribution >= 0.6 is 0 Å². The maximum absolute atomic E-state index is 13.4. The molecule has 4 aliphatic rings. The summed E-state index contributed by atoms with van der Waals surface area (Å²) in [6.07, 6.45) is 0.749. The summed E-state index contributed by atoms with van der Waals surface area (Å²) in [5, 5.41) is 0. The Bertz CT molecular complexity index is 659. The van der Waals surface area contributed by atoms with Gasteiger partial charge in [-0.2, -0.15) is 0 Å². The van der Waals surface area contributed by atoms with Crippen LogP contribution in [0.1, 0.15) is 48.0 Å². The minimum Gasteiger partial charge on any atom is -0.463 e. The van der Waals surface area contributed by atoms with Crippen molar-refractivity contribution in [2.45, 2.75) is 60.2 Å². The van der Waals surface area contributed by atoms with Gasteiger partial charge in [0, 0.05) is 0 Å². The normalized spacial score (nSPS) is 42.2. The summed E-state index contributed by atoms with van der Waals surface area (Å²) in [6.45, 7) is 15.5. The SMILES string of the molecule is CC(C)C1C2CC(C(=O)OCC3CO3)C(C(=O)OCC3CO3)C(C2C)C1C(C)(C)C. The van der Waals surface area contributed by atoms with Crippen molar-refractivity contribution in [1.29, 1.82) is 0 Å². The molecule has 2 aliphatic heterocycles. The van der Waals surface area contributed by atoms with E-state index in [0.29, 0.717) is 49.2 Å². The second-order valence-corrected chi connectivity index (χ2v) is 11.4. The molecule has 2 bridgehead atoms. The summed E-state index contributed by atoms with van der Waals surface area (Å²) < 4.78 is 21.7. The first kappa shape index (κ1) is 22.1. The number of fused-ring (bicyclic) bond motifs is 2. The van der Waals surface area contributed by atoms with Gasteiger partial charge in [-0.1, -0.05) is 41.5 Å². The molecule has 0 amide bonds. The number of ether oxygens (including phenoxy) is 4. The van der Waals surface area contributed by atoms with Gasteiger partial charge in [0.2, 0.25) is 0 Å². The summed E-state index contributed by atoms with van der Waals surface area (Å²) >= 11 is 0. The highest BCUT2D eigenvalue weighted by molar-refractivity contribution is 5.83. The molecular formula is C24H38O6. The van der Waals surface area contributed by atoms with E-state index in [1.165, 1.54) is 0 Å². The van der Waals surface area contributed by atoms with Gasteiger partial charge < -0.3 is 18.9 Å². The van der Waals surface area contributed by atoms with Crippen molar-refractivity contribution in [2.24, 2.45) is 52.8 Å². The Hall–Kier alpha value is -1.14. The highest BCUT2D eigenvalue weighted by atomic mass is 16.6. The number of carbonyl (C=O) groups is 2. The Balaban J connectivity index is 1.63. The molecule has 0 spiro atoms. The molecule has 0 aromatic rings. The molecule has 0 aromatic carbocycles. The van der Waals surface area contributed by atoms with Crippen LogP contribution in [-0.2, 0) is 28.5 Å². The van der Waals surface area contributed by atoms with E-state index in [1.807, 2.05) is 0 Å². The average molecular weight is 423 g/mol. The molecule has 2 heterocycles. The number of esters is 2. The summed E-state index contributed by atoms with van der Waals surface area (Å²) in [7, 11) is 0. The second-order valence-electron chi connectivity index (χ2n) is 11.4. The topological polar surface area (TPSA) is 77.7 Å². The van der Waals surface area contributed by atoms with Gasteiger partial charge in [0.15, 0.2) is 0 Å². The van der Waals surface area contributed by atoms with Crippen molar-refractivity contribution in [3.8, 4) is 0 Å². The van der Waals surface area contributed by atoms with Crippen LogP contribution in [0, 0.1) is 52.8 Å². The third-order valence-corrected chi connectivity index (χ3v) is 7.95. The fraction of sp³-hybridized carbons (Fsp3) is 0.917. The minimum atomic E-state index is -0.449. The zero-order valence-electron chi connectivity index (χ0n) is 19.3. The monoisotopic (exact) mass is 422 g/mol. The highest BCUT2D eigenvalue weighted by Crippen LogP contribution is 2.64. The predicted molar refractivity (Wildman–Crippen MR) is 110 cm³/mol. The lowest BCUT2D eigenvalue weighted by molar-refractivity contribution is -0.169. The number of epoxide rings is 2. The van der Waals surface area contributed by atoms with E-state index in [4.69, 9.17) is 18.9 Å². The van der Waals surface area contributed by atoms with Gasteiger partial charge >= 0.3 is 11.9 Å². The first-order valence-corrected chi connectivity index (χ1v) is 11.7. The molecule has 9 unspecified atom stereocenters. The molecule has 0 aromatic heterocycles. The minimum absolute atomic E-state index is 0.0190. The number of hydrogen-bond acceptors (Lipinski definition) is 6. The summed E-state index contributed by atoms with van der Waals surface area (Å²) in [6, 6.07) is 0. The van der Waals surface area contributed by atoms with Crippen molar-refractivity contribution in [3.05, 3.63) is 0 Å². The Morgan fingerprint density at radius 2 is 1.53 bits per heavy atom. The lowest BCUT2D eigenvalue weighted by atomic mass is 9.62. The maximum Gasteiger partial charge on any atom is 0.310 e. The highest BCUT2D eigenvalue weighted by Gasteiger charge is 2.63. The standard InChI is InChI=1S/C24H38O6/c1-12(2)18-16-7-17(22(25)29-10-14-8-27-14)20(23(26)30-11-15-9-28-15)19(13(16)3)21(18)24(4,5)6/h12-21H,7-11H2,1-6H3. The van der Waals surface area contributed by atoms with Crippen molar-refractivity contribution < 1.29 is 28.5 Å². The number of hydrogen-bond donors (Lipinski definition) is 0. The van der Waals surface area contributed by atoms with Crippen molar-refractivity contribution in [3.63, 3.8) is 0 Å². The first-order valence-electron chi connectivity index (χ1n) is 11.7. The average Bonchev–Trinajstić information content (AvgIpc) is 3.56.